The van der Waals surface area contributed by atoms with Gasteiger partial charge in [0.25, 0.3) is 0 Å². The normalized spacial score (nSPS) is 17.0. The van der Waals surface area contributed by atoms with Crippen molar-refractivity contribution < 1.29 is 33.4 Å². The van der Waals surface area contributed by atoms with Crippen molar-refractivity contribution in [2.45, 2.75) is 62.9 Å². The molecule has 12 heteroatoms. The van der Waals surface area contributed by atoms with E-state index in [1.54, 1.807) is 37.4 Å². The van der Waals surface area contributed by atoms with E-state index in [0.29, 0.717) is 0 Å². The van der Waals surface area contributed by atoms with Gasteiger partial charge in [0.2, 0.25) is 17.7 Å². The second kappa shape index (κ2) is 15.4. The Hall–Kier alpha value is -5.49. The third-order valence-corrected chi connectivity index (χ3v) is 8.25. The van der Waals surface area contributed by atoms with E-state index in [4.69, 9.17) is 15.2 Å². The number of carbonyl (C=O) groups is 5. The molecular formula is C36H39N5O7. The summed E-state index contributed by atoms with van der Waals surface area (Å²) in [7, 11) is 0. The van der Waals surface area contributed by atoms with Gasteiger partial charge in [0, 0.05) is 29.9 Å². The van der Waals surface area contributed by atoms with Crippen molar-refractivity contribution in [1.29, 1.82) is 0 Å². The summed E-state index contributed by atoms with van der Waals surface area (Å²) in [6.07, 6.45) is 0.812. The average Bonchev–Trinajstić information content (AvgIpc) is 3.72. The van der Waals surface area contributed by atoms with Crippen LogP contribution in [0.15, 0.2) is 91.1 Å². The number of alkyl carbamates (subject to hydrolysis) is 1. The number of aromatic amines is 1. The van der Waals surface area contributed by atoms with Crippen LogP contribution in [0.4, 0.5) is 4.79 Å². The van der Waals surface area contributed by atoms with Crippen molar-refractivity contribution in [2.75, 3.05) is 6.61 Å². The van der Waals surface area contributed by atoms with Crippen LogP contribution in [-0.2, 0) is 48.1 Å². The summed E-state index contributed by atoms with van der Waals surface area (Å²) in [6, 6.07) is 22.4. The Kier molecular flexibility index (Phi) is 10.9. The lowest BCUT2D eigenvalue weighted by Gasteiger charge is -2.26. The maximum Gasteiger partial charge on any atom is 0.408 e. The molecule has 4 amide bonds. The number of nitrogens with one attached hydrogen (secondary N) is 4. The molecule has 1 aliphatic rings. The summed E-state index contributed by atoms with van der Waals surface area (Å²) in [4.78, 5) is 68.9. The molecule has 4 aromatic rings. The molecule has 6 N–H and O–H groups in total. The molecule has 3 aromatic carbocycles. The van der Waals surface area contributed by atoms with Gasteiger partial charge in [-0.1, -0.05) is 78.9 Å². The molecule has 1 aromatic heterocycles. The molecule has 2 heterocycles. The van der Waals surface area contributed by atoms with Gasteiger partial charge in [-0.05, 0) is 42.5 Å². The van der Waals surface area contributed by atoms with E-state index >= 15 is 0 Å². The highest BCUT2D eigenvalue weighted by molar-refractivity contribution is 5.99. The largest absolute Gasteiger partial charge is 0.445 e. The maximum atomic E-state index is 14.0. The molecule has 0 radical (unpaired) electrons. The average molecular weight is 654 g/mol. The van der Waals surface area contributed by atoms with Gasteiger partial charge in [-0.3, -0.25) is 19.2 Å². The first kappa shape index (κ1) is 33.9. The van der Waals surface area contributed by atoms with E-state index in [-0.39, 0.29) is 44.7 Å². The third-order valence-electron chi connectivity index (χ3n) is 8.25. The number of benzene rings is 3. The van der Waals surface area contributed by atoms with Crippen molar-refractivity contribution in [3.05, 3.63) is 108 Å². The molecule has 0 aliphatic carbocycles. The molecule has 5 rings (SSSR count). The number of ether oxygens (including phenoxy) is 2. The number of ketones is 1. The van der Waals surface area contributed by atoms with E-state index in [1.165, 1.54) is 0 Å². The minimum Gasteiger partial charge on any atom is -0.445 e. The predicted octanol–water partition coefficient (Wildman–Crippen LogP) is 2.84. The Bertz CT molecular complexity index is 1750. The minimum atomic E-state index is -1.25. The van der Waals surface area contributed by atoms with Crippen LogP contribution in [0.3, 0.4) is 0 Å². The number of carbonyl (C=O) groups excluding carboxylic acids is 5. The fraction of sp³-hybridized carbons (Fsp3) is 0.306. The summed E-state index contributed by atoms with van der Waals surface area (Å²) in [6.45, 7) is 1.88. The Morgan fingerprint density at radius 3 is 2.08 bits per heavy atom. The molecule has 0 bridgehead atoms. The minimum absolute atomic E-state index is 0.0398. The fourth-order valence-corrected chi connectivity index (χ4v) is 5.41. The zero-order valence-corrected chi connectivity index (χ0v) is 26.6. The quantitative estimate of drug-likeness (QED) is 0.115. The van der Waals surface area contributed by atoms with Crippen molar-refractivity contribution in [1.82, 2.24) is 20.9 Å². The van der Waals surface area contributed by atoms with Gasteiger partial charge >= 0.3 is 6.09 Å². The maximum absolute atomic E-state index is 14.0. The van der Waals surface area contributed by atoms with Crippen LogP contribution < -0.4 is 21.7 Å². The van der Waals surface area contributed by atoms with Crippen LogP contribution in [0, 0.1) is 0 Å². The molecule has 1 unspecified atom stereocenters. The number of rotatable bonds is 16. The number of nitrogens with two attached hydrogens (primary N) is 1. The molecular weight excluding hydrogens is 614 g/mol. The molecule has 12 nitrogen and oxygen atoms in total. The Morgan fingerprint density at radius 1 is 0.812 bits per heavy atom. The van der Waals surface area contributed by atoms with Gasteiger partial charge in [0.15, 0.2) is 5.78 Å². The number of amides is 4. The fourth-order valence-electron chi connectivity index (χ4n) is 5.41. The van der Waals surface area contributed by atoms with E-state index < -0.39 is 47.5 Å². The van der Waals surface area contributed by atoms with E-state index in [0.717, 1.165) is 27.6 Å². The molecule has 1 aliphatic heterocycles. The lowest BCUT2D eigenvalue weighted by atomic mass is 9.94. The number of hydrogen-bond acceptors (Lipinski definition) is 7. The molecule has 1 fully saturated rings. The number of fused-ring (bicyclic) bond motifs is 1. The highest BCUT2D eigenvalue weighted by Gasteiger charge is 2.50. The number of para-hydroxylation sites is 1. The first-order chi connectivity index (χ1) is 23.1. The summed E-state index contributed by atoms with van der Waals surface area (Å²) < 4.78 is 10.7. The standard InChI is InChI=1S/C36H39N5O7/c1-36(22-48-36)32(43)29(18-23-10-4-2-5-11-23)39-34(45)30(19-25-20-38-27-15-9-8-14-26(25)27)40-33(44)28(16-17-31(37)42)41-35(46)47-21-24-12-6-3-7-13-24/h2-15,20,28-30,38H,16-19,21-22H2,1H3,(H2,37,42)(H,39,45)(H,40,44)(H,41,46)/t28-,29-,30-,36?/m0/s1. The first-order valence-electron chi connectivity index (χ1n) is 15.7. The van der Waals surface area contributed by atoms with Gasteiger partial charge in [-0.25, -0.2) is 4.79 Å². The summed E-state index contributed by atoms with van der Waals surface area (Å²) in [5, 5.41) is 8.98. The molecule has 4 atom stereocenters. The third kappa shape index (κ3) is 9.07. The van der Waals surface area contributed by atoms with Crippen LogP contribution in [0.25, 0.3) is 10.9 Å². The summed E-state index contributed by atoms with van der Waals surface area (Å²) in [5.41, 5.74) is 7.52. The lowest BCUT2D eigenvalue weighted by Crippen LogP contribution is -2.57. The zero-order valence-electron chi connectivity index (χ0n) is 26.6. The Balaban J connectivity index is 1.36. The van der Waals surface area contributed by atoms with E-state index in [2.05, 4.69) is 20.9 Å². The monoisotopic (exact) mass is 653 g/mol. The molecule has 250 valence electrons. The van der Waals surface area contributed by atoms with E-state index in [9.17, 15) is 24.0 Å². The van der Waals surface area contributed by atoms with Gasteiger partial charge in [-0.2, -0.15) is 0 Å². The smallest absolute Gasteiger partial charge is 0.408 e. The SMILES string of the molecule is CC1(C(=O)[C@H](Cc2ccccc2)NC(=O)[C@H](Cc2c[nH]c3ccccc23)NC(=O)[C@H](CCC(N)=O)NC(=O)OCc2ccccc2)CO1. The van der Waals surface area contributed by atoms with Crippen molar-refractivity contribution >= 4 is 40.5 Å². The number of epoxide rings is 1. The summed E-state index contributed by atoms with van der Waals surface area (Å²) in [5.74, 6) is -2.28. The van der Waals surface area contributed by atoms with E-state index in [1.807, 2.05) is 60.7 Å². The Morgan fingerprint density at radius 2 is 1.42 bits per heavy atom. The van der Waals surface area contributed by atoms with Crippen molar-refractivity contribution in [2.24, 2.45) is 5.73 Å². The zero-order chi connectivity index (χ0) is 34.1. The summed E-state index contributed by atoms with van der Waals surface area (Å²) >= 11 is 0. The first-order valence-corrected chi connectivity index (χ1v) is 15.7. The molecule has 0 spiro atoms. The second-order valence-electron chi connectivity index (χ2n) is 12.0. The number of Topliss-reactive ketones (excluding diaryl/α,β-unsaturated/α-hetero) is 1. The van der Waals surface area contributed by atoms with Crippen molar-refractivity contribution in [3.63, 3.8) is 0 Å². The molecule has 48 heavy (non-hydrogen) atoms. The van der Waals surface area contributed by atoms with Crippen LogP contribution in [-0.4, -0.2) is 64.9 Å². The number of primary amides is 1. The Labute approximate surface area is 277 Å². The highest BCUT2D eigenvalue weighted by atomic mass is 16.6. The van der Waals surface area contributed by atoms with Crippen LogP contribution in [0.1, 0.15) is 36.5 Å². The number of H-pyrrole nitrogens is 1. The lowest BCUT2D eigenvalue weighted by molar-refractivity contribution is -0.133. The number of hydrogen-bond donors (Lipinski definition) is 5. The van der Waals surface area contributed by atoms with Crippen LogP contribution in [0.5, 0.6) is 0 Å². The topological polar surface area (TPSA) is 185 Å². The van der Waals surface area contributed by atoms with Gasteiger partial charge < -0.3 is 36.1 Å². The molecule has 1 saturated heterocycles. The van der Waals surface area contributed by atoms with Crippen LogP contribution >= 0.6 is 0 Å². The van der Waals surface area contributed by atoms with Crippen molar-refractivity contribution in [3.8, 4) is 0 Å². The number of aromatic nitrogens is 1. The molecule has 0 saturated carbocycles. The van der Waals surface area contributed by atoms with Gasteiger partial charge in [0.1, 0.15) is 24.3 Å². The van der Waals surface area contributed by atoms with Crippen LogP contribution in [0.2, 0.25) is 0 Å². The van der Waals surface area contributed by atoms with Gasteiger partial charge in [0.05, 0.1) is 12.6 Å². The highest BCUT2D eigenvalue weighted by Crippen LogP contribution is 2.29. The second-order valence-corrected chi connectivity index (χ2v) is 12.0. The van der Waals surface area contributed by atoms with Gasteiger partial charge in [-0.15, -0.1) is 0 Å². The predicted molar refractivity (Wildman–Crippen MR) is 177 cm³/mol.